The number of hydrogen-bond donors (Lipinski definition) is 1. The summed E-state index contributed by atoms with van der Waals surface area (Å²) in [6.07, 6.45) is 4.26. The molecule has 20 heavy (non-hydrogen) atoms. The van der Waals surface area contributed by atoms with E-state index in [0.717, 1.165) is 37.9 Å². The lowest BCUT2D eigenvalue weighted by Gasteiger charge is -2.33. The van der Waals surface area contributed by atoms with Crippen LogP contribution in [0.15, 0.2) is 6.20 Å². The zero-order valence-corrected chi connectivity index (χ0v) is 13.9. The van der Waals surface area contributed by atoms with Crippen LogP contribution in [0.25, 0.3) is 0 Å². The molecule has 0 aliphatic carbocycles. The van der Waals surface area contributed by atoms with Gasteiger partial charge in [0.1, 0.15) is 11.0 Å². The van der Waals surface area contributed by atoms with Crippen LogP contribution in [-0.4, -0.2) is 39.6 Å². The van der Waals surface area contributed by atoms with E-state index in [2.05, 4.69) is 36.0 Å². The number of halogens is 1. The zero-order chi connectivity index (χ0) is 14.8. The summed E-state index contributed by atoms with van der Waals surface area (Å²) in [4.78, 5) is 6.85. The van der Waals surface area contributed by atoms with E-state index in [9.17, 15) is 0 Å². The monoisotopic (exact) mass is 298 g/mol. The second-order valence-corrected chi connectivity index (χ2v) is 7.29. The van der Waals surface area contributed by atoms with Crippen LogP contribution in [-0.2, 0) is 13.6 Å². The highest BCUT2D eigenvalue weighted by atomic mass is 35.5. The predicted molar refractivity (Wildman–Crippen MR) is 84.0 cm³/mol. The maximum Gasteiger partial charge on any atom is 0.128 e. The lowest BCUT2D eigenvalue weighted by molar-refractivity contribution is 0.166. The third-order valence-corrected chi connectivity index (χ3v) is 4.37. The molecular formula is C15H27ClN4. The molecule has 1 fully saturated rings. The molecule has 1 aromatic heterocycles. The van der Waals surface area contributed by atoms with Crippen LogP contribution in [0.2, 0.25) is 5.15 Å². The van der Waals surface area contributed by atoms with Gasteiger partial charge in [-0.1, -0.05) is 11.6 Å². The summed E-state index contributed by atoms with van der Waals surface area (Å²) in [6, 6.07) is 0. The summed E-state index contributed by atoms with van der Waals surface area (Å²) in [6.45, 7) is 11.0. The molecular weight excluding hydrogens is 272 g/mol. The Bertz CT molecular complexity index is 428. The van der Waals surface area contributed by atoms with Gasteiger partial charge in [0.05, 0.1) is 12.7 Å². The maximum absolute atomic E-state index is 6.03. The van der Waals surface area contributed by atoms with Crippen molar-refractivity contribution in [2.45, 2.75) is 45.7 Å². The van der Waals surface area contributed by atoms with Crippen molar-refractivity contribution in [3.05, 3.63) is 17.2 Å². The molecule has 0 atom stereocenters. The van der Waals surface area contributed by atoms with Crippen molar-refractivity contribution in [2.75, 3.05) is 19.6 Å². The molecule has 0 aromatic carbocycles. The van der Waals surface area contributed by atoms with Crippen LogP contribution in [0.1, 0.15) is 39.4 Å². The molecule has 1 N–H and O–H groups in total. The maximum atomic E-state index is 6.03. The number of piperidine rings is 1. The van der Waals surface area contributed by atoms with E-state index >= 15 is 0 Å². The van der Waals surface area contributed by atoms with Gasteiger partial charge < -0.3 is 9.88 Å². The van der Waals surface area contributed by atoms with Crippen LogP contribution in [0.4, 0.5) is 0 Å². The van der Waals surface area contributed by atoms with Gasteiger partial charge in [-0.25, -0.2) is 4.98 Å². The molecule has 0 radical (unpaired) electrons. The molecule has 0 unspecified atom stereocenters. The Morgan fingerprint density at radius 3 is 2.50 bits per heavy atom. The second-order valence-electron chi connectivity index (χ2n) is 6.91. The number of hydrogen-bond acceptors (Lipinski definition) is 3. The van der Waals surface area contributed by atoms with E-state index in [1.807, 2.05) is 11.6 Å². The van der Waals surface area contributed by atoms with Crippen LogP contribution in [0, 0.1) is 5.92 Å². The number of nitrogens with one attached hydrogen (secondary N) is 1. The fourth-order valence-electron chi connectivity index (χ4n) is 2.57. The van der Waals surface area contributed by atoms with Crippen LogP contribution in [0.5, 0.6) is 0 Å². The van der Waals surface area contributed by atoms with Gasteiger partial charge in [0.15, 0.2) is 0 Å². The highest BCUT2D eigenvalue weighted by Crippen LogP contribution is 2.19. The van der Waals surface area contributed by atoms with E-state index in [-0.39, 0.29) is 5.54 Å². The number of aromatic nitrogens is 2. The number of rotatable bonds is 4. The highest BCUT2D eigenvalue weighted by Gasteiger charge is 2.21. The van der Waals surface area contributed by atoms with Crippen molar-refractivity contribution < 1.29 is 0 Å². The molecule has 2 rings (SSSR count). The summed E-state index contributed by atoms with van der Waals surface area (Å²) in [5.74, 6) is 1.86. The van der Waals surface area contributed by atoms with Gasteiger partial charge in [0, 0.05) is 12.6 Å². The lowest BCUT2D eigenvalue weighted by atomic mass is 9.95. The molecule has 2 heterocycles. The Morgan fingerprint density at radius 2 is 2.00 bits per heavy atom. The molecule has 5 heteroatoms. The quantitative estimate of drug-likeness (QED) is 0.928. The van der Waals surface area contributed by atoms with Crippen molar-refractivity contribution >= 4 is 11.6 Å². The first-order valence-corrected chi connectivity index (χ1v) is 7.86. The first-order chi connectivity index (χ1) is 9.35. The smallest absolute Gasteiger partial charge is 0.128 e. The van der Waals surface area contributed by atoms with Crippen molar-refractivity contribution in [2.24, 2.45) is 13.0 Å². The van der Waals surface area contributed by atoms with Crippen molar-refractivity contribution in [1.29, 1.82) is 0 Å². The fourth-order valence-corrected chi connectivity index (χ4v) is 2.72. The van der Waals surface area contributed by atoms with Crippen LogP contribution in [0.3, 0.4) is 0 Å². The van der Waals surface area contributed by atoms with Gasteiger partial charge in [-0.15, -0.1) is 0 Å². The Kier molecular flexibility index (Phi) is 5.10. The minimum Gasteiger partial charge on any atom is -0.321 e. The number of imidazole rings is 1. The average Bonchev–Trinajstić information content (AvgIpc) is 2.69. The number of nitrogens with zero attached hydrogens (tertiary/aromatic N) is 3. The minimum absolute atomic E-state index is 0.223. The average molecular weight is 299 g/mol. The second kappa shape index (κ2) is 6.46. The predicted octanol–water partition coefficient (Wildman–Crippen LogP) is 2.67. The summed E-state index contributed by atoms with van der Waals surface area (Å²) >= 11 is 6.03. The van der Waals surface area contributed by atoms with Gasteiger partial charge >= 0.3 is 0 Å². The Morgan fingerprint density at radius 1 is 1.35 bits per heavy atom. The molecule has 4 nitrogen and oxygen atoms in total. The summed E-state index contributed by atoms with van der Waals surface area (Å²) in [5, 5.41) is 4.33. The lowest BCUT2D eigenvalue weighted by Crippen LogP contribution is -2.42. The molecule has 0 saturated carbocycles. The van der Waals surface area contributed by atoms with Gasteiger partial charge in [-0.2, -0.15) is 0 Å². The summed E-state index contributed by atoms with van der Waals surface area (Å²) in [7, 11) is 1.98. The van der Waals surface area contributed by atoms with Crippen molar-refractivity contribution in [3.63, 3.8) is 0 Å². The molecule has 1 aliphatic rings. The molecule has 0 bridgehead atoms. The largest absolute Gasteiger partial charge is 0.321 e. The van der Waals surface area contributed by atoms with Gasteiger partial charge in [-0.3, -0.25) is 4.90 Å². The molecule has 1 aromatic rings. The fraction of sp³-hybridized carbons (Fsp3) is 0.800. The number of likely N-dealkylation sites (tertiary alicyclic amines) is 1. The molecule has 114 valence electrons. The first-order valence-electron chi connectivity index (χ1n) is 7.48. The van der Waals surface area contributed by atoms with E-state index in [1.165, 1.54) is 12.8 Å². The zero-order valence-electron chi connectivity index (χ0n) is 13.1. The third kappa shape index (κ3) is 4.47. The molecule has 1 saturated heterocycles. The SMILES string of the molecule is Cn1c(Cl)cnc1CN1CCC(CNC(C)(C)C)CC1. The standard InChI is InChI=1S/C15H27ClN4/c1-15(2,3)18-9-12-5-7-20(8-6-12)11-14-17-10-13(16)19(14)4/h10,12,18H,5-9,11H2,1-4H3. The van der Waals surface area contributed by atoms with Crippen LogP contribution < -0.4 is 5.32 Å². The molecule has 0 spiro atoms. The Balaban J connectivity index is 1.76. The van der Waals surface area contributed by atoms with E-state index in [0.29, 0.717) is 5.15 Å². The third-order valence-electron chi connectivity index (χ3n) is 4.02. The Labute approximate surface area is 127 Å². The first kappa shape index (κ1) is 15.8. The summed E-state index contributed by atoms with van der Waals surface area (Å²) < 4.78 is 1.97. The van der Waals surface area contributed by atoms with Crippen molar-refractivity contribution in [3.8, 4) is 0 Å². The van der Waals surface area contributed by atoms with Gasteiger partial charge in [0.25, 0.3) is 0 Å². The van der Waals surface area contributed by atoms with E-state index < -0.39 is 0 Å². The highest BCUT2D eigenvalue weighted by molar-refractivity contribution is 6.29. The normalized spacial score (nSPS) is 18.6. The van der Waals surface area contributed by atoms with Crippen LogP contribution >= 0.6 is 11.6 Å². The molecule has 0 amide bonds. The van der Waals surface area contributed by atoms with E-state index in [1.54, 1.807) is 6.20 Å². The van der Waals surface area contributed by atoms with E-state index in [4.69, 9.17) is 11.6 Å². The van der Waals surface area contributed by atoms with Crippen molar-refractivity contribution in [1.82, 2.24) is 19.8 Å². The summed E-state index contributed by atoms with van der Waals surface area (Å²) in [5.41, 5.74) is 0.223. The van der Waals surface area contributed by atoms with Gasteiger partial charge in [-0.05, 0) is 59.2 Å². The minimum atomic E-state index is 0.223. The topological polar surface area (TPSA) is 33.1 Å². The Hall–Kier alpha value is -0.580. The molecule has 1 aliphatic heterocycles. The van der Waals surface area contributed by atoms with Gasteiger partial charge in [0.2, 0.25) is 0 Å².